The Morgan fingerprint density at radius 2 is 0.967 bits per heavy atom. The molecule has 1 aliphatic carbocycles. The molecule has 0 radical (unpaired) electrons. The Morgan fingerprint density at radius 1 is 0.533 bits per heavy atom. The summed E-state index contributed by atoms with van der Waals surface area (Å²) in [4.78, 5) is 0. The minimum absolute atomic E-state index is 0.0580. The summed E-state index contributed by atoms with van der Waals surface area (Å²) in [5.74, 6) is -8.44. The predicted molar refractivity (Wildman–Crippen MR) is 103 cm³/mol. The molecule has 0 heterocycles. The van der Waals surface area contributed by atoms with Crippen LogP contribution in [0.1, 0.15) is 11.1 Å². The first-order chi connectivity index (χ1) is 14.4. The van der Waals surface area contributed by atoms with Crippen LogP contribution < -0.4 is 4.74 Å². The Hall–Kier alpha value is -3.41. The number of alkyl halides is 1. The van der Waals surface area contributed by atoms with Gasteiger partial charge in [-0.1, -0.05) is 78.9 Å². The smallest absolute Gasteiger partial charge is 0.240 e. The molecule has 0 amide bonds. The van der Waals surface area contributed by atoms with Crippen LogP contribution in [-0.4, -0.2) is 0 Å². The maximum absolute atomic E-state index is 16.8. The van der Waals surface area contributed by atoms with E-state index < -0.39 is 40.1 Å². The molecule has 4 rings (SSSR count). The van der Waals surface area contributed by atoms with Crippen molar-refractivity contribution >= 4 is 0 Å². The first-order valence-electron chi connectivity index (χ1n) is 9.09. The van der Waals surface area contributed by atoms with Gasteiger partial charge in [0, 0.05) is 11.1 Å². The average Bonchev–Trinajstić information content (AvgIpc) is 2.81. The molecule has 3 aromatic rings. The van der Waals surface area contributed by atoms with Crippen LogP contribution >= 0.6 is 0 Å². The molecule has 0 saturated heterocycles. The van der Waals surface area contributed by atoms with Gasteiger partial charge in [-0.15, -0.1) is 0 Å². The fourth-order valence-corrected chi connectivity index (χ4v) is 3.64. The van der Waals surface area contributed by atoms with Crippen LogP contribution in [0, 0.1) is 0 Å². The first kappa shape index (κ1) is 19.9. The standard InChI is InChI=1S/C24H15F5O/c25-19-20(26)22(28)24(17-12-6-2-7-13-17,30-18-14-8-3-9-15-18)23(29,21(19)27)16-10-4-1-5-11-16/h1-15H. The zero-order chi connectivity index (χ0) is 21.4. The molecular weight excluding hydrogens is 399 g/mol. The summed E-state index contributed by atoms with van der Waals surface area (Å²) in [6, 6.07) is 21.1. The lowest BCUT2D eigenvalue weighted by Gasteiger charge is -2.45. The van der Waals surface area contributed by atoms with Crippen LogP contribution in [0.4, 0.5) is 22.0 Å². The Labute approximate surface area is 169 Å². The maximum atomic E-state index is 16.8. The molecule has 0 aliphatic heterocycles. The van der Waals surface area contributed by atoms with Crippen LogP contribution in [0.15, 0.2) is 114 Å². The van der Waals surface area contributed by atoms with Crippen LogP contribution in [0.25, 0.3) is 0 Å². The van der Waals surface area contributed by atoms with E-state index in [9.17, 15) is 8.78 Å². The Morgan fingerprint density at radius 3 is 1.50 bits per heavy atom. The Kier molecular flexibility index (Phi) is 4.94. The van der Waals surface area contributed by atoms with Crippen molar-refractivity contribution in [2.24, 2.45) is 0 Å². The molecule has 152 valence electrons. The van der Waals surface area contributed by atoms with Gasteiger partial charge in [-0.05, 0) is 12.1 Å². The van der Waals surface area contributed by atoms with E-state index in [0.29, 0.717) is 0 Å². The quantitative estimate of drug-likeness (QED) is 0.412. The van der Waals surface area contributed by atoms with Crippen molar-refractivity contribution in [1.82, 2.24) is 0 Å². The van der Waals surface area contributed by atoms with Gasteiger partial charge < -0.3 is 4.74 Å². The topological polar surface area (TPSA) is 9.23 Å². The molecule has 0 N–H and O–H groups in total. The van der Waals surface area contributed by atoms with Crippen molar-refractivity contribution in [3.05, 3.63) is 125 Å². The van der Waals surface area contributed by atoms with E-state index in [-0.39, 0.29) is 11.3 Å². The minimum Gasteiger partial charge on any atom is -0.471 e. The van der Waals surface area contributed by atoms with Gasteiger partial charge in [0.1, 0.15) is 5.75 Å². The van der Waals surface area contributed by atoms with Crippen molar-refractivity contribution < 1.29 is 26.7 Å². The summed E-state index contributed by atoms with van der Waals surface area (Å²) >= 11 is 0. The van der Waals surface area contributed by atoms with Gasteiger partial charge in [-0.25, -0.2) is 22.0 Å². The molecular formula is C24H15F5O. The van der Waals surface area contributed by atoms with Gasteiger partial charge >= 0.3 is 0 Å². The monoisotopic (exact) mass is 414 g/mol. The second kappa shape index (κ2) is 7.44. The number of hydrogen-bond acceptors (Lipinski definition) is 1. The van der Waals surface area contributed by atoms with E-state index in [1.807, 2.05) is 0 Å². The summed E-state index contributed by atoms with van der Waals surface area (Å²) in [7, 11) is 0. The highest BCUT2D eigenvalue weighted by atomic mass is 19.2. The van der Waals surface area contributed by atoms with Crippen molar-refractivity contribution in [1.29, 1.82) is 0 Å². The maximum Gasteiger partial charge on any atom is 0.240 e. The highest BCUT2D eigenvalue weighted by molar-refractivity contribution is 5.54. The number of allylic oxidation sites excluding steroid dienone is 2. The molecule has 2 unspecified atom stereocenters. The number of rotatable bonds is 4. The summed E-state index contributed by atoms with van der Waals surface area (Å²) in [5.41, 5.74) is -7.17. The summed E-state index contributed by atoms with van der Waals surface area (Å²) in [5, 5.41) is 0. The predicted octanol–water partition coefficient (Wildman–Crippen LogP) is 7.14. The molecule has 2 atom stereocenters. The van der Waals surface area contributed by atoms with Crippen LogP contribution in [0.3, 0.4) is 0 Å². The molecule has 1 aliphatic rings. The molecule has 30 heavy (non-hydrogen) atoms. The van der Waals surface area contributed by atoms with Crippen molar-refractivity contribution in [2.75, 3.05) is 0 Å². The van der Waals surface area contributed by atoms with Gasteiger partial charge in [-0.2, -0.15) is 0 Å². The van der Waals surface area contributed by atoms with E-state index in [4.69, 9.17) is 4.74 Å². The first-order valence-corrected chi connectivity index (χ1v) is 9.09. The number of benzene rings is 3. The molecule has 0 bridgehead atoms. The van der Waals surface area contributed by atoms with Gasteiger partial charge in [0.15, 0.2) is 23.3 Å². The number of halogens is 5. The third-order valence-corrected chi connectivity index (χ3v) is 5.04. The number of ether oxygens (including phenoxy) is 1. The van der Waals surface area contributed by atoms with Crippen molar-refractivity contribution in [3.8, 4) is 5.75 Å². The zero-order valence-electron chi connectivity index (χ0n) is 15.5. The van der Waals surface area contributed by atoms with Crippen LogP contribution in [0.2, 0.25) is 0 Å². The van der Waals surface area contributed by atoms with Crippen LogP contribution in [0.5, 0.6) is 5.75 Å². The van der Waals surface area contributed by atoms with E-state index in [2.05, 4.69) is 0 Å². The van der Waals surface area contributed by atoms with Gasteiger partial charge in [0.25, 0.3) is 0 Å². The zero-order valence-corrected chi connectivity index (χ0v) is 15.5. The fourth-order valence-electron chi connectivity index (χ4n) is 3.64. The SMILES string of the molecule is FC1=C(F)C(F)(c2ccccc2)C(Oc2ccccc2)(c2ccccc2)C(F)=C1F. The van der Waals surface area contributed by atoms with E-state index >= 15 is 13.2 Å². The van der Waals surface area contributed by atoms with E-state index in [0.717, 1.165) is 12.1 Å². The lowest BCUT2D eigenvalue weighted by Crippen LogP contribution is -2.54. The van der Waals surface area contributed by atoms with Gasteiger partial charge in [-0.3, -0.25) is 0 Å². The Balaban J connectivity index is 2.12. The average molecular weight is 414 g/mol. The Bertz CT molecular complexity index is 1110. The minimum atomic E-state index is -3.53. The lowest BCUT2D eigenvalue weighted by molar-refractivity contribution is -0.0792. The summed E-state index contributed by atoms with van der Waals surface area (Å²) in [6.07, 6.45) is 0. The molecule has 6 heteroatoms. The van der Waals surface area contributed by atoms with Crippen molar-refractivity contribution in [3.63, 3.8) is 0 Å². The third-order valence-electron chi connectivity index (χ3n) is 5.04. The number of para-hydroxylation sites is 1. The molecule has 0 saturated carbocycles. The van der Waals surface area contributed by atoms with Gasteiger partial charge in [0.2, 0.25) is 11.3 Å². The molecule has 0 fully saturated rings. The molecule has 3 aromatic carbocycles. The second-order valence-electron chi connectivity index (χ2n) is 6.74. The molecule has 0 aromatic heterocycles. The van der Waals surface area contributed by atoms with E-state index in [1.165, 1.54) is 66.7 Å². The molecule has 1 nitrogen and oxygen atoms in total. The fraction of sp³-hybridized carbons (Fsp3) is 0.0833. The third kappa shape index (κ3) is 2.75. The van der Waals surface area contributed by atoms with Crippen LogP contribution in [-0.2, 0) is 11.3 Å². The normalized spacial score (nSPS) is 24.2. The number of hydrogen-bond donors (Lipinski definition) is 0. The molecule has 0 spiro atoms. The lowest BCUT2D eigenvalue weighted by atomic mass is 9.70. The van der Waals surface area contributed by atoms with E-state index in [1.54, 1.807) is 12.1 Å². The highest BCUT2D eigenvalue weighted by Crippen LogP contribution is 2.60. The summed E-state index contributed by atoms with van der Waals surface area (Å²) < 4.78 is 82.2. The van der Waals surface area contributed by atoms with Crippen molar-refractivity contribution in [2.45, 2.75) is 11.3 Å². The second-order valence-corrected chi connectivity index (χ2v) is 6.74. The highest BCUT2D eigenvalue weighted by Gasteiger charge is 2.68. The van der Waals surface area contributed by atoms with Gasteiger partial charge in [0.05, 0.1) is 0 Å². The largest absolute Gasteiger partial charge is 0.471 e. The summed E-state index contributed by atoms with van der Waals surface area (Å²) in [6.45, 7) is 0.